The number of anilines is 1. The van der Waals surface area contributed by atoms with Crippen molar-refractivity contribution >= 4 is 15.7 Å². The maximum atomic E-state index is 13.7. The molecule has 0 aliphatic carbocycles. The van der Waals surface area contributed by atoms with Crippen LogP contribution in [0.1, 0.15) is 5.56 Å². The van der Waals surface area contributed by atoms with Gasteiger partial charge >= 0.3 is 0 Å². The third kappa shape index (κ3) is 3.56. The van der Waals surface area contributed by atoms with Crippen LogP contribution in [0.25, 0.3) is 0 Å². The van der Waals surface area contributed by atoms with Gasteiger partial charge in [0, 0.05) is 6.54 Å². The van der Waals surface area contributed by atoms with Gasteiger partial charge in [-0.3, -0.25) is 0 Å². The van der Waals surface area contributed by atoms with Crippen molar-refractivity contribution in [3.63, 3.8) is 0 Å². The van der Waals surface area contributed by atoms with Crippen LogP contribution in [-0.2, 0) is 16.4 Å². The van der Waals surface area contributed by atoms with E-state index in [1.807, 2.05) is 30.3 Å². The van der Waals surface area contributed by atoms with Crippen molar-refractivity contribution in [1.29, 1.82) is 0 Å². The fraction of sp³-hybridized carbons (Fsp3) is 0.143. The summed E-state index contributed by atoms with van der Waals surface area (Å²) in [5.41, 5.74) is 5.30. The highest BCUT2D eigenvalue weighted by atomic mass is 32.2. The summed E-state index contributed by atoms with van der Waals surface area (Å²) in [6.45, 7) is 0.100. The molecular weight excluding hydrogens is 298 g/mol. The van der Waals surface area contributed by atoms with Crippen LogP contribution < -0.4 is 10.5 Å². The van der Waals surface area contributed by atoms with Crippen molar-refractivity contribution in [2.24, 2.45) is 0 Å². The maximum absolute atomic E-state index is 13.7. The Morgan fingerprint density at radius 2 is 1.71 bits per heavy atom. The average molecular weight is 312 g/mol. The molecule has 0 spiro atoms. The van der Waals surface area contributed by atoms with Crippen molar-refractivity contribution in [2.45, 2.75) is 11.3 Å². The van der Waals surface area contributed by atoms with Crippen LogP contribution >= 0.6 is 0 Å². The molecule has 0 saturated heterocycles. The van der Waals surface area contributed by atoms with Crippen molar-refractivity contribution in [3.8, 4) is 0 Å². The second-order valence-electron chi connectivity index (χ2n) is 4.41. The second kappa shape index (κ2) is 6.19. The molecule has 0 aliphatic rings. The molecule has 0 saturated carbocycles. The van der Waals surface area contributed by atoms with E-state index in [1.165, 1.54) is 0 Å². The predicted octanol–water partition coefficient (Wildman–Crippen LogP) is 2.07. The monoisotopic (exact) mass is 312 g/mol. The van der Waals surface area contributed by atoms with E-state index in [0.29, 0.717) is 6.42 Å². The van der Waals surface area contributed by atoms with Gasteiger partial charge in [0.05, 0.1) is 0 Å². The first-order valence-electron chi connectivity index (χ1n) is 6.19. The van der Waals surface area contributed by atoms with Gasteiger partial charge in [0.1, 0.15) is 16.4 Å². The number of benzene rings is 2. The minimum atomic E-state index is -4.07. The first-order chi connectivity index (χ1) is 9.92. The zero-order valence-corrected chi connectivity index (χ0v) is 11.8. The van der Waals surface area contributed by atoms with Crippen LogP contribution in [0.3, 0.4) is 0 Å². The first kappa shape index (κ1) is 15.4. The lowest BCUT2D eigenvalue weighted by Crippen LogP contribution is -2.27. The molecule has 3 N–H and O–H groups in total. The molecule has 7 heteroatoms. The number of nitrogens with two attached hydrogens (primary N) is 1. The van der Waals surface area contributed by atoms with Gasteiger partial charge in [-0.05, 0) is 24.1 Å². The van der Waals surface area contributed by atoms with Crippen LogP contribution in [0.4, 0.5) is 14.5 Å². The summed E-state index contributed by atoms with van der Waals surface area (Å²) in [4.78, 5) is -0.658. The van der Waals surface area contributed by atoms with E-state index in [1.54, 1.807) is 0 Å². The lowest BCUT2D eigenvalue weighted by molar-refractivity contribution is 0.548. The fourth-order valence-corrected chi connectivity index (χ4v) is 2.93. The molecule has 2 rings (SSSR count). The molecule has 0 aliphatic heterocycles. The van der Waals surface area contributed by atoms with E-state index in [4.69, 9.17) is 5.73 Å². The Labute approximate surface area is 121 Å². The number of rotatable bonds is 5. The number of hydrogen-bond donors (Lipinski definition) is 2. The Bertz CT molecular complexity index is 734. The highest BCUT2D eigenvalue weighted by Crippen LogP contribution is 2.22. The topological polar surface area (TPSA) is 72.2 Å². The SMILES string of the molecule is Nc1c(F)ccc(S(=O)(=O)NCCc2ccccc2)c1F. The molecule has 0 bridgehead atoms. The molecule has 0 atom stereocenters. The molecule has 21 heavy (non-hydrogen) atoms. The molecule has 0 aromatic heterocycles. The summed E-state index contributed by atoms with van der Waals surface area (Å²) in [7, 11) is -4.07. The molecule has 0 amide bonds. The van der Waals surface area contributed by atoms with Crippen LogP contribution in [0.2, 0.25) is 0 Å². The Kier molecular flexibility index (Phi) is 4.54. The van der Waals surface area contributed by atoms with Crippen LogP contribution in [0.15, 0.2) is 47.4 Å². The highest BCUT2D eigenvalue weighted by Gasteiger charge is 2.22. The molecule has 2 aromatic rings. The summed E-state index contributed by atoms with van der Waals surface area (Å²) in [5.74, 6) is -2.27. The fourth-order valence-electron chi connectivity index (χ4n) is 1.81. The van der Waals surface area contributed by atoms with Crippen molar-refractivity contribution in [2.75, 3.05) is 12.3 Å². The number of sulfonamides is 1. The zero-order chi connectivity index (χ0) is 15.5. The van der Waals surface area contributed by atoms with E-state index in [9.17, 15) is 17.2 Å². The highest BCUT2D eigenvalue weighted by molar-refractivity contribution is 7.89. The second-order valence-corrected chi connectivity index (χ2v) is 6.14. The Morgan fingerprint density at radius 1 is 1.05 bits per heavy atom. The van der Waals surface area contributed by atoms with Crippen LogP contribution in [0, 0.1) is 11.6 Å². The normalized spacial score (nSPS) is 11.5. The lowest BCUT2D eigenvalue weighted by Gasteiger charge is -2.09. The van der Waals surface area contributed by atoms with Gasteiger partial charge in [-0.15, -0.1) is 0 Å². The van der Waals surface area contributed by atoms with E-state index < -0.39 is 32.2 Å². The summed E-state index contributed by atoms with van der Waals surface area (Å²) < 4.78 is 53.0. The molecule has 0 unspecified atom stereocenters. The Balaban J connectivity index is 2.11. The van der Waals surface area contributed by atoms with E-state index >= 15 is 0 Å². The van der Waals surface area contributed by atoms with Crippen molar-refractivity contribution < 1.29 is 17.2 Å². The summed E-state index contributed by atoms with van der Waals surface area (Å²) in [5, 5.41) is 0. The van der Waals surface area contributed by atoms with Crippen LogP contribution in [-0.4, -0.2) is 15.0 Å². The minimum Gasteiger partial charge on any atom is -0.394 e. The largest absolute Gasteiger partial charge is 0.394 e. The molecule has 0 radical (unpaired) electrons. The summed E-state index contributed by atoms with van der Waals surface area (Å²) in [6, 6.07) is 10.9. The van der Waals surface area contributed by atoms with Gasteiger partial charge in [0.2, 0.25) is 10.0 Å². The number of hydrogen-bond acceptors (Lipinski definition) is 3. The van der Waals surface area contributed by atoms with Gasteiger partial charge < -0.3 is 5.73 Å². The maximum Gasteiger partial charge on any atom is 0.243 e. The average Bonchev–Trinajstić information content (AvgIpc) is 2.45. The van der Waals surface area contributed by atoms with Gasteiger partial charge in [-0.25, -0.2) is 21.9 Å². The van der Waals surface area contributed by atoms with Gasteiger partial charge in [0.25, 0.3) is 0 Å². The third-order valence-corrected chi connectivity index (χ3v) is 4.41. The Hall–Kier alpha value is -1.99. The zero-order valence-electron chi connectivity index (χ0n) is 11.0. The Morgan fingerprint density at radius 3 is 2.38 bits per heavy atom. The summed E-state index contributed by atoms with van der Waals surface area (Å²) >= 11 is 0. The molecule has 4 nitrogen and oxygen atoms in total. The minimum absolute atomic E-state index is 0.100. The predicted molar refractivity (Wildman–Crippen MR) is 76.1 cm³/mol. The molecular formula is C14H14F2N2O2S. The molecule has 0 fully saturated rings. The number of halogens is 2. The molecule has 0 heterocycles. The quantitative estimate of drug-likeness (QED) is 0.830. The van der Waals surface area contributed by atoms with E-state index in [2.05, 4.69) is 4.72 Å². The van der Waals surface area contributed by atoms with Gasteiger partial charge in [-0.1, -0.05) is 30.3 Å². The van der Waals surface area contributed by atoms with Crippen molar-refractivity contribution in [3.05, 3.63) is 59.7 Å². The van der Waals surface area contributed by atoms with E-state index in [-0.39, 0.29) is 6.54 Å². The standard InChI is InChI=1S/C14H14F2N2O2S/c15-11-6-7-12(13(16)14(11)17)21(19,20)18-9-8-10-4-2-1-3-5-10/h1-7,18H,8-9,17H2. The van der Waals surface area contributed by atoms with E-state index in [0.717, 1.165) is 17.7 Å². The molecule has 112 valence electrons. The number of nitrogens with one attached hydrogen (secondary N) is 1. The third-order valence-electron chi connectivity index (χ3n) is 2.93. The first-order valence-corrected chi connectivity index (χ1v) is 7.67. The van der Waals surface area contributed by atoms with Gasteiger partial charge in [0.15, 0.2) is 5.82 Å². The van der Waals surface area contributed by atoms with Gasteiger partial charge in [-0.2, -0.15) is 0 Å². The van der Waals surface area contributed by atoms with Crippen LogP contribution in [0.5, 0.6) is 0 Å². The summed E-state index contributed by atoms with van der Waals surface area (Å²) in [6.07, 6.45) is 0.457. The smallest absolute Gasteiger partial charge is 0.243 e. The van der Waals surface area contributed by atoms with Crippen molar-refractivity contribution in [1.82, 2.24) is 4.72 Å². The molecule has 2 aromatic carbocycles. The number of nitrogen functional groups attached to an aromatic ring is 1. The lowest BCUT2D eigenvalue weighted by atomic mass is 10.2.